The molecule has 2 aliphatic rings. The molecular formula is C20H31N3O2. The lowest BCUT2D eigenvalue weighted by Gasteiger charge is -2.30. The topological polar surface area (TPSA) is 53.6 Å². The minimum absolute atomic E-state index is 0.0163. The monoisotopic (exact) mass is 345 g/mol. The van der Waals surface area contributed by atoms with E-state index in [0.717, 1.165) is 24.6 Å². The average Bonchev–Trinajstić information content (AvgIpc) is 2.62. The second-order valence-corrected chi connectivity index (χ2v) is 7.50. The van der Waals surface area contributed by atoms with E-state index >= 15 is 0 Å². The lowest BCUT2D eigenvalue weighted by atomic mass is 9.98. The maximum absolute atomic E-state index is 12.4. The molecule has 0 spiro atoms. The summed E-state index contributed by atoms with van der Waals surface area (Å²) in [4.78, 5) is 14.9. The molecule has 3 rings (SSSR count). The number of rotatable bonds is 5. The Labute approximate surface area is 151 Å². The van der Waals surface area contributed by atoms with E-state index in [0.29, 0.717) is 13.2 Å². The van der Waals surface area contributed by atoms with Crippen molar-refractivity contribution in [2.75, 3.05) is 26.2 Å². The molecule has 0 aromatic heterocycles. The minimum Gasteiger partial charge on any atom is -0.375 e. The highest BCUT2D eigenvalue weighted by atomic mass is 16.5. The Morgan fingerprint density at radius 1 is 1.28 bits per heavy atom. The van der Waals surface area contributed by atoms with Gasteiger partial charge in [-0.1, -0.05) is 31.2 Å². The van der Waals surface area contributed by atoms with Crippen molar-refractivity contribution >= 4 is 5.91 Å². The van der Waals surface area contributed by atoms with E-state index in [9.17, 15) is 4.79 Å². The predicted octanol–water partition coefficient (Wildman–Crippen LogP) is 1.91. The fourth-order valence-electron chi connectivity index (χ4n) is 3.64. The highest BCUT2D eigenvalue weighted by Gasteiger charge is 2.27. The Morgan fingerprint density at radius 3 is 2.80 bits per heavy atom. The van der Waals surface area contributed by atoms with Gasteiger partial charge in [0.25, 0.3) is 0 Å². The molecule has 0 aliphatic carbocycles. The number of likely N-dealkylation sites (tertiary alicyclic amines) is 1. The first-order valence-corrected chi connectivity index (χ1v) is 9.54. The molecule has 1 amide bonds. The molecule has 2 heterocycles. The third-order valence-electron chi connectivity index (χ3n) is 5.34. The number of morpholine rings is 1. The lowest BCUT2D eigenvalue weighted by molar-refractivity contribution is -0.129. The number of hydrogen-bond acceptors (Lipinski definition) is 4. The molecule has 25 heavy (non-hydrogen) atoms. The number of hydrogen-bond donors (Lipinski definition) is 2. The van der Waals surface area contributed by atoms with Gasteiger partial charge in [0.1, 0.15) is 6.04 Å². The highest BCUT2D eigenvalue weighted by Crippen LogP contribution is 2.18. The summed E-state index contributed by atoms with van der Waals surface area (Å²) < 4.78 is 5.55. The van der Waals surface area contributed by atoms with Crippen LogP contribution in [-0.4, -0.2) is 49.2 Å². The molecule has 0 unspecified atom stereocenters. The van der Waals surface area contributed by atoms with Gasteiger partial charge in [-0.2, -0.15) is 0 Å². The van der Waals surface area contributed by atoms with Crippen LogP contribution >= 0.6 is 0 Å². The first-order valence-electron chi connectivity index (χ1n) is 9.54. The number of carbonyl (C=O) groups is 1. The molecular weight excluding hydrogens is 314 g/mol. The van der Waals surface area contributed by atoms with Crippen molar-refractivity contribution in [2.45, 2.75) is 51.9 Å². The quantitative estimate of drug-likeness (QED) is 0.856. The van der Waals surface area contributed by atoms with Crippen LogP contribution in [0.25, 0.3) is 0 Å². The van der Waals surface area contributed by atoms with Crippen molar-refractivity contribution in [3.8, 4) is 0 Å². The fraction of sp³-hybridized carbons (Fsp3) is 0.650. The van der Waals surface area contributed by atoms with Crippen molar-refractivity contribution in [2.24, 2.45) is 5.92 Å². The first-order chi connectivity index (χ1) is 12.1. The summed E-state index contributed by atoms with van der Waals surface area (Å²) in [6.45, 7) is 9.62. The van der Waals surface area contributed by atoms with Crippen LogP contribution in [0.3, 0.4) is 0 Å². The Morgan fingerprint density at radius 2 is 2.04 bits per heavy atom. The molecule has 5 heteroatoms. The molecule has 0 radical (unpaired) electrons. The van der Waals surface area contributed by atoms with Gasteiger partial charge in [0.15, 0.2) is 0 Å². The van der Waals surface area contributed by atoms with Crippen LogP contribution in [0.15, 0.2) is 24.3 Å². The van der Waals surface area contributed by atoms with Crippen molar-refractivity contribution in [1.29, 1.82) is 0 Å². The molecule has 2 atom stereocenters. The molecule has 5 nitrogen and oxygen atoms in total. The minimum atomic E-state index is -0.257. The van der Waals surface area contributed by atoms with Crippen LogP contribution in [0.2, 0.25) is 0 Å². The van der Waals surface area contributed by atoms with Crippen LogP contribution in [0.1, 0.15) is 37.8 Å². The van der Waals surface area contributed by atoms with E-state index < -0.39 is 0 Å². The summed E-state index contributed by atoms with van der Waals surface area (Å²) in [5.74, 6) is 0.875. The van der Waals surface area contributed by atoms with Crippen LogP contribution in [-0.2, 0) is 22.6 Å². The summed E-state index contributed by atoms with van der Waals surface area (Å²) in [6, 6.07) is 8.31. The Bertz CT molecular complexity index is 570. The Hall–Kier alpha value is -1.43. The van der Waals surface area contributed by atoms with Crippen molar-refractivity contribution < 1.29 is 9.53 Å². The van der Waals surface area contributed by atoms with Gasteiger partial charge in [-0.15, -0.1) is 0 Å². The van der Waals surface area contributed by atoms with Gasteiger partial charge in [-0.25, -0.2) is 0 Å². The molecule has 2 saturated heterocycles. The van der Waals surface area contributed by atoms with Gasteiger partial charge in [0.2, 0.25) is 5.91 Å². The number of ether oxygens (including phenoxy) is 1. The van der Waals surface area contributed by atoms with Gasteiger partial charge >= 0.3 is 0 Å². The summed E-state index contributed by atoms with van der Waals surface area (Å²) in [5.41, 5.74) is 2.48. The number of amides is 1. The molecule has 0 bridgehead atoms. The van der Waals surface area contributed by atoms with Crippen LogP contribution in [0.5, 0.6) is 0 Å². The standard InChI is InChI=1S/C20H31N3O2/c1-15-6-9-23(10-7-15)14-18-5-3-4-17(12-18)13-22-20(24)19-16(2)25-11-8-21-19/h3-5,12,15-16,19,21H,6-11,13-14H2,1-2H3,(H,22,24)/t16-,19+/m1/s1. The maximum Gasteiger partial charge on any atom is 0.240 e. The molecule has 138 valence electrons. The van der Waals surface area contributed by atoms with Gasteiger partial charge in [-0.05, 0) is 49.9 Å². The van der Waals surface area contributed by atoms with Crippen molar-refractivity contribution in [1.82, 2.24) is 15.5 Å². The number of carbonyl (C=O) groups excluding carboxylic acids is 1. The molecule has 2 aliphatic heterocycles. The zero-order chi connectivity index (χ0) is 17.6. The summed E-state index contributed by atoms with van der Waals surface area (Å²) in [5, 5.41) is 6.27. The SMILES string of the molecule is CC1CCN(Cc2cccc(CNC(=O)[C@H]3NCCO[C@@H]3C)c2)CC1. The second-order valence-electron chi connectivity index (χ2n) is 7.50. The van der Waals surface area contributed by atoms with E-state index in [4.69, 9.17) is 4.74 Å². The fourth-order valence-corrected chi connectivity index (χ4v) is 3.64. The molecule has 2 fully saturated rings. The number of nitrogens with zero attached hydrogens (tertiary/aromatic N) is 1. The molecule has 1 aromatic carbocycles. The van der Waals surface area contributed by atoms with Crippen LogP contribution in [0.4, 0.5) is 0 Å². The van der Waals surface area contributed by atoms with Crippen molar-refractivity contribution in [3.05, 3.63) is 35.4 Å². The average molecular weight is 345 g/mol. The number of benzene rings is 1. The van der Waals surface area contributed by atoms with Gasteiger partial charge in [0.05, 0.1) is 12.7 Å². The summed E-state index contributed by atoms with van der Waals surface area (Å²) >= 11 is 0. The second kappa shape index (κ2) is 8.79. The largest absolute Gasteiger partial charge is 0.375 e. The summed E-state index contributed by atoms with van der Waals surface area (Å²) in [6.07, 6.45) is 2.51. The maximum atomic E-state index is 12.4. The number of nitrogens with one attached hydrogen (secondary N) is 2. The Kier molecular flexibility index (Phi) is 6.45. The van der Waals surface area contributed by atoms with Crippen molar-refractivity contribution in [3.63, 3.8) is 0 Å². The molecule has 1 aromatic rings. The zero-order valence-corrected chi connectivity index (χ0v) is 15.5. The molecule has 2 N–H and O–H groups in total. The van der Waals surface area contributed by atoms with E-state index in [1.807, 2.05) is 6.92 Å². The van der Waals surface area contributed by atoms with Gasteiger partial charge in [-0.3, -0.25) is 9.69 Å². The van der Waals surface area contributed by atoms with E-state index in [-0.39, 0.29) is 18.1 Å². The van der Waals surface area contributed by atoms with Crippen LogP contribution in [0, 0.1) is 5.92 Å². The van der Waals surface area contributed by atoms with Gasteiger partial charge < -0.3 is 15.4 Å². The van der Waals surface area contributed by atoms with Crippen LogP contribution < -0.4 is 10.6 Å². The van der Waals surface area contributed by atoms with E-state index in [1.54, 1.807) is 0 Å². The predicted molar refractivity (Wildman–Crippen MR) is 99.2 cm³/mol. The highest BCUT2D eigenvalue weighted by molar-refractivity contribution is 5.82. The van der Waals surface area contributed by atoms with E-state index in [2.05, 4.69) is 46.7 Å². The zero-order valence-electron chi connectivity index (χ0n) is 15.5. The van der Waals surface area contributed by atoms with E-state index in [1.165, 1.54) is 31.5 Å². The Balaban J connectivity index is 1.50. The molecule has 0 saturated carbocycles. The lowest BCUT2D eigenvalue weighted by Crippen LogP contribution is -2.55. The smallest absolute Gasteiger partial charge is 0.240 e. The number of piperidine rings is 1. The third kappa shape index (κ3) is 5.27. The summed E-state index contributed by atoms with van der Waals surface area (Å²) in [7, 11) is 0. The first kappa shape index (κ1) is 18.4. The third-order valence-corrected chi connectivity index (χ3v) is 5.34. The van der Waals surface area contributed by atoms with Gasteiger partial charge in [0, 0.05) is 19.6 Å². The normalized spacial score (nSPS) is 25.7.